The molecule has 4 nitrogen and oxygen atoms in total. The van der Waals surface area contributed by atoms with E-state index in [-0.39, 0.29) is 0 Å². The molecule has 1 heterocycles. The van der Waals surface area contributed by atoms with Gasteiger partial charge in [-0.05, 0) is 6.92 Å². The molecular formula is C7H14O4. The summed E-state index contributed by atoms with van der Waals surface area (Å²) >= 11 is 0. The molecule has 1 saturated heterocycles. The number of hydrogen-bond acceptors (Lipinski definition) is 4. The minimum absolute atomic E-state index is 0.429. The van der Waals surface area contributed by atoms with E-state index in [0.717, 1.165) is 0 Å². The largest absolute Gasteiger partial charge is 0.390 e. The van der Waals surface area contributed by atoms with E-state index in [0.29, 0.717) is 0 Å². The predicted octanol–water partition coefficient (Wildman–Crippen LogP) is -0.919. The van der Waals surface area contributed by atoms with Crippen LogP contribution in [0.25, 0.3) is 0 Å². The molecule has 0 aromatic carbocycles. The molecular weight excluding hydrogens is 148 g/mol. The van der Waals surface area contributed by atoms with Gasteiger partial charge in [-0.3, -0.25) is 0 Å². The molecule has 0 radical (unpaired) electrons. The second-order valence-electron chi connectivity index (χ2n) is 3.07. The smallest absolute Gasteiger partial charge is 0.160 e. The van der Waals surface area contributed by atoms with Crippen LogP contribution in [0.2, 0.25) is 0 Å². The van der Waals surface area contributed by atoms with Crippen LogP contribution in [0.4, 0.5) is 0 Å². The Balaban J connectivity index is 2.63. The third-order valence-corrected chi connectivity index (χ3v) is 2.17. The zero-order chi connectivity index (χ0) is 8.59. The van der Waals surface area contributed by atoms with E-state index in [1.807, 2.05) is 0 Å². The van der Waals surface area contributed by atoms with E-state index in [1.165, 1.54) is 0 Å². The molecule has 1 fully saturated rings. The maximum absolute atomic E-state index is 9.30. The maximum atomic E-state index is 9.30. The topological polar surface area (TPSA) is 69.9 Å². The van der Waals surface area contributed by atoms with Gasteiger partial charge in [0.2, 0.25) is 0 Å². The van der Waals surface area contributed by atoms with Gasteiger partial charge in [0.05, 0.1) is 12.2 Å². The average Bonchev–Trinajstić information content (AvgIpc) is 1.97. The molecule has 66 valence electrons. The maximum Gasteiger partial charge on any atom is 0.160 e. The van der Waals surface area contributed by atoms with E-state index in [2.05, 4.69) is 0 Å². The second-order valence-corrected chi connectivity index (χ2v) is 3.07. The first-order chi connectivity index (χ1) is 5.04. The number of rotatable bonds is 0. The van der Waals surface area contributed by atoms with Gasteiger partial charge >= 0.3 is 0 Å². The standard InChI is InChI=1S/C7H14O4/c1-3-5(8)6(9)4(2)11-7(3)10/h3-10H,1-2H3/t3?,4?,5-,6-,7-/m1/s1. The van der Waals surface area contributed by atoms with Crippen LogP contribution in [0, 0.1) is 5.92 Å². The molecule has 0 saturated carbocycles. The van der Waals surface area contributed by atoms with E-state index < -0.39 is 30.5 Å². The third-order valence-electron chi connectivity index (χ3n) is 2.17. The second kappa shape index (κ2) is 3.06. The zero-order valence-corrected chi connectivity index (χ0v) is 6.64. The van der Waals surface area contributed by atoms with Gasteiger partial charge in [-0.2, -0.15) is 0 Å². The molecule has 0 aromatic heterocycles. The molecule has 2 unspecified atom stereocenters. The minimum Gasteiger partial charge on any atom is -0.390 e. The Morgan fingerprint density at radius 2 is 1.55 bits per heavy atom. The van der Waals surface area contributed by atoms with Crippen LogP contribution in [-0.4, -0.2) is 39.9 Å². The Kier molecular flexibility index (Phi) is 2.49. The molecule has 0 bridgehead atoms. The predicted molar refractivity (Wildman–Crippen MR) is 37.7 cm³/mol. The lowest BCUT2D eigenvalue weighted by molar-refractivity contribution is -0.255. The molecule has 0 aromatic rings. The van der Waals surface area contributed by atoms with Gasteiger partial charge in [0.25, 0.3) is 0 Å². The first-order valence-corrected chi connectivity index (χ1v) is 3.73. The molecule has 0 spiro atoms. The number of aliphatic hydroxyl groups is 3. The van der Waals surface area contributed by atoms with Crippen molar-refractivity contribution in [2.45, 2.75) is 38.4 Å². The van der Waals surface area contributed by atoms with Crippen LogP contribution in [0.3, 0.4) is 0 Å². The van der Waals surface area contributed by atoms with Crippen molar-refractivity contribution in [3.63, 3.8) is 0 Å². The first kappa shape index (κ1) is 8.93. The van der Waals surface area contributed by atoms with Crippen molar-refractivity contribution in [3.05, 3.63) is 0 Å². The normalized spacial score (nSPS) is 52.6. The summed E-state index contributed by atoms with van der Waals surface area (Å²) in [5, 5.41) is 27.7. The lowest BCUT2D eigenvalue weighted by Crippen LogP contribution is -2.52. The summed E-state index contributed by atoms with van der Waals surface area (Å²) in [5.74, 6) is -0.429. The molecule has 0 aliphatic carbocycles. The van der Waals surface area contributed by atoms with Crippen molar-refractivity contribution in [1.82, 2.24) is 0 Å². The van der Waals surface area contributed by atoms with Crippen molar-refractivity contribution < 1.29 is 20.1 Å². The van der Waals surface area contributed by atoms with Gasteiger partial charge in [0, 0.05) is 5.92 Å². The molecule has 11 heavy (non-hydrogen) atoms. The summed E-state index contributed by atoms with van der Waals surface area (Å²) in [6.45, 7) is 3.24. The van der Waals surface area contributed by atoms with Gasteiger partial charge in [-0.25, -0.2) is 0 Å². The molecule has 1 aliphatic heterocycles. The fourth-order valence-electron chi connectivity index (χ4n) is 1.18. The summed E-state index contributed by atoms with van der Waals surface area (Å²) < 4.78 is 4.93. The average molecular weight is 162 g/mol. The molecule has 0 amide bonds. The van der Waals surface area contributed by atoms with Crippen LogP contribution < -0.4 is 0 Å². The molecule has 4 heteroatoms. The van der Waals surface area contributed by atoms with Gasteiger partial charge < -0.3 is 20.1 Å². The van der Waals surface area contributed by atoms with Crippen LogP contribution >= 0.6 is 0 Å². The first-order valence-electron chi connectivity index (χ1n) is 3.73. The van der Waals surface area contributed by atoms with E-state index in [4.69, 9.17) is 9.84 Å². The molecule has 5 atom stereocenters. The monoisotopic (exact) mass is 162 g/mol. The quantitative estimate of drug-likeness (QED) is 0.431. The third kappa shape index (κ3) is 1.54. The Morgan fingerprint density at radius 1 is 1.00 bits per heavy atom. The Labute approximate surface area is 65.4 Å². The lowest BCUT2D eigenvalue weighted by atomic mass is 9.93. The molecule has 1 rings (SSSR count). The Hall–Kier alpha value is -0.160. The van der Waals surface area contributed by atoms with Crippen LogP contribution in [-0.2, 0) is 4.74 Å². The minimum atomic E-state index is -0.969. The van der Waals surface area contributed by atoms with E-state index in [1.54, 1.807) is 13.8 Å². The fourth-order valence-corrected chi connectivity index (χ4v) is 1.18. The van der Waals surface area contributed by atoms with Crippen molar-refractivity contribution >= 4 is 0 Å². The van der Waals surface area contributed by atoms with Crippen LogP contribution in [0.15, 0.2) is 0 Å². The molecule has 1 aliphatic rings. The van der Waals surface area contributed by atoms with Gasteiger partial charge in [0.15, 0.2) is 6.29 Å². The summed E-state index contributed by atoms with van der Waals surface area (Å²) in [7, 11) is 0. The van der Waals surface area contributed by atoms with Crippen molar-refractivity contribution in [2.24, 2.45) is 5.92 Å². The van der Waals surface area contributed by atoms with Gasteiger partial charge in [0.1, 0.15) is 6.10 Å². The summed E-state index contributed by atoms with van der Waals surface area (Å²) in [6, 6.07) is 0. The molecule has 3 N–H and O–H groups in total. The van der Waals surface area contributed by atoms with Crippen LogP contribution in [0.1, 0.15) is 13.8 Å². The Morgan fingerprint density at radius 3 is 2.09 bits per heavy atom. The number of aliphatic hydroxyl groups excluding tert-OH is 3. The summed E-state index contributed by atoms with van der Waals surface area (Å²) in [4.78, 5) is 0. The summed E-state index contributed by atoms with van der Waals surface area (Å²) in [6.07, 6.45) is -3.26. The highest BCUT2D eigenvalue weighted by Crippen LogP contribution is 2.23. The number of hydrogen-bond donors (Lipinski definition) is 3. The van der Waals surface area contributed by atoms with Crippen molar-refractivity contribution in [3.8, 4) is 0 Å². The lowest BCUT2D eigenvalue weighted by Gasteiger charge is -2.37. The summed E-state index contributed by atoms with van der Waals surface area (Å²) in [5.41, 5.74) is 0. The SMILES string of the molecule is CC1O[C@@H](O)C(C)[C@@H](O)[C@@H]1O. The highest BCUT2D eigenvalue weighted by molar-refractivity contribution is 4.84. The number of ether oxygens (including phenoxy) is 1. The van der Waals surface area contributed by atoms with Gasteiger partial charge in [-0.1, -0.05) is 6.92 Å². The van der Waals surface area contributed by atoms with Crippen molar-refractivity contribution in [1.29, 1.82) is 0 Å². The van der Waals surface area contributed by atoms with Crippen molar-refractivity contribution in [2.75, 3.05) is 0 Å². The fraction of sp³-hybridized carbons (Fsp3) is 1.00. The highest BCUT2D eigenvalue weighted by atomic mass is 16.6. The van der Waals surface area contributed by atoms with E-state index in [9.17, 15) is 10.2 Å². The van der Waals surface area contributed by atoms with Gasteiger partial charge in [-0.15, -0.1) is 0 Å². The van der Waals surface area contributed by atoms with Crippen LogP contribution in [0.5, 0.6) is 0 Å². The van der Waals surface area contributed by atoms with E-state index >= 15 is 0 Å². The highest BCUT2D eigenvalue weighted by Gasteiger charge is 2.38. The zero-order valence-electron chi connectivity index (χ0n) is 6.64. The Bertz CT molecular complexity index is 124.